The molecule has 9 nitrogen and oxygen atoms in total. The molecule has 1 saturated heterocycles. The number of piperidine rings is 1. The molecule has 2 heterocycles. The van der Waals surface area contributed by atoms with E-state index in [1.807, 2.05) is 38.1 Å². The first-order valence-corrected chi connectivity index (χ1v) is 16.1. The number of fused-ring (bicyclic) bond motifs is 1. The van der Waals surface area contributed by atoms with E-state index < -0.39 is 23.9 Å². The summed E-state index contributed by atoms with van der Waals surface area (Å²) in [4.78, 5) is 57.8. The molecule has 238 valence electrons. The zero-order valence-electron chi connectivity index (χ0n) is 26.4. The monoisotopic (exact) mass is 604 g/mol. The van der Waals surface area contributed by atoms with E-state index in [1.54, 1.807) is 35.0 Å². The van der Waals surface area contributed by atoms with Gasteiger partial charge in [0.15, 0.2) is 0 Å². The molecule has 0 aromatic heterocycles. The standard InChI is InChI=1S/C35H48N4O5/c1-25(2)23-29-34(42)38(3)19-11-4-5-12-22-44-31-16-10-9-15-28(31)33(41)37-30(24-32(40)36-29)35(43)39-20-17-27(18-21-39)26-13-7-6-8-14-26/h6-10,13-16,25,27,29-30H,4-5,11-12,17-24H2,1-3H3,(H,36,40)(H,37,41)/t29-,30-/m0/s1. The van der Waals surface area contributed by atoms with Crippen molar-refractivity contribution in [1.82, 2.24) is 20.4 Å². The van der Waals surface area contributed by atoms with Crippen LogP contribution in [0.25, 0.3) is 0 Å². The lowest BCUT2D eigenvalue weighted by molar-refractivity contribution is -0.138. The van der Waals surface area contributed by atoms with Gasteiger partial charge < -0.3 is 25.2 Å². The van der Waals surface area contributed by atoms with Crippen molar-refractivity contribution in [3.63, 3.8) is 0 Å². The van der Waals surface area contributed by atoms with Gasteiger partial charge in [0, 0.05) is 26.7 Å². The second-order valence-corrected chi connectivity index (χ2v) is 12.5. The summed E-state index contributed by atoms with van der Waals surface area (Å²) in [6, 6.07) is 15.5. The topological polar surface area (TPSA) is 108 Å². The number of hydrogen-bond acceptors (Lipinski definition) is 5. The van der Waals surface area contributed by atoms with Crippen molar-refractivity contribution in [1.29, 1.82) is 0 Å². The fourth-order valence-electron chi connectivity index (χ4n) is 6.09. The predicted octanol–water partition coefficient (Wildman–Crippen LogP) is 4.52. The lowest BCUT2D eigenvalue weighted by atomic mass is 9.89. The number of rotatable bonds is 4. The van der Waals surface area contributed by atoms with E-state index in [1.165, 1.54) is 5.56 Å². The Morgan fingerprint density at radius 2 is 1.57 bits per heavy atom. The molecule has 4 amide bonds. The number of ether oxygens (including phenoxy) is 1. The fourth-order valence-corrected chi connectivity index (χ4v) is 6.09. The van der Waals surface area contributed by atoms with Crippen LogP contribution in [0, 0.1) is 5.92 Å². The van der Waals surface area contributed by atoms with Crippen LogP contribution < -0.4 is 15.4 Å². The van der Waals surface area contributed by atoms with Crippen LogP contribution in [-0.2, 0) is 14.4 Å². The van der Waals surface area contributed by atoms with Crippen LogP contribution in [0.3, 0.4) is 0 Å². The Hall–Kier alpha value is -3.88. The van der Waals surface area contributed by atoms with E-state index in [2.05, 4.69) is 22.8 Å². The van der Waals surface area contributed by atoms with Crippen molar-refractivity contribution in [3.05, 3.63) is 65.7 Å². The third-order valence-corrected chi connectivity index (χ3v) is 8.56. The van der Waals surface area contributed by atoms with Crippen molar-refractivity contribution < 1.29 is 23.9 Å². The van der Waals surface area contributed by atoms with Crippen LogP contribution in [-0.4, -0.2) is 78.8 Å². The minimum absolute atomic E-state index is 0.139. The number of likely N-dealkylation sites (tertiary alicyclic amines) is 1. The molecule has 0 saturated carbocycles. The average Bonchev–Trinajstić information content (AvgIpc) is 3.03. The number of hydrogen-bond donors (Lipinski definition) is 2. The van der Waals surface area contributed by atoms with Crippen molar-refractivity contribution in [2.75, 3.05) is 33.3 Å². The lowest BCUT2D eigenvalue weighted by Gasteiger charge is -2.34. The third-order valence-electron chi connectivity index (χ3n) is 8.56. The van der Waals surface area contributed by atoms with Crippen LogP contribution in [0.15, 0.2) is 54.6 Å². The van der Waals surface area contributed by atoms with Crippen molar-refractivity contribution in [2.45, 2.75) is 83.2 Å². The molecule has 4 rings (SSSR count). The van der Waals surface area contributed by atoms with Crippen molar-refractivity contribution >= 4 is 23.6 Å². The number of para-hydroxylation sites is 1. The SMILES string of the molecule is CC(C)C[C@@H]1NC(=O)C[C@@H](C(=O)N2CCC(c3ccccc3)CC2)NC(=O)c2ccccc2OCCCCCCN(C)C1=O. The van der Waals surface area contributed by atoms with Crippen LogP contribution in [0.5, 0.6) is 5.75 Å². The van der Waals surface area contributed by atoms with Gasteiger partial charge in [0.2, 0.25) is 17.7 Å². The minimum atomic E-state index is -1.09. The van der Waals surface area contributed by atoms with Gasteiger partial charge in [0.25, 0.3) is 5.91 Å². The van der Waals surface area contributed by atoms with Crippen LogP contribution in [0.1, 0.15) is 87.1 Å². The highest BCUT2D eigenvalue weighted by molar-refractivity contribution is 6.01. The molecule has 0 spiro atoms. The van der Waals surface area contributed by atoms with Gasteiger partial charge in [-0.05, 0) is 61.6 Å². The first-order valence-electron chi connectivity index (χ1n) is 16.1. The van der Waals surface area contributed by atoms with E-state index in [0.717, 1.165) is 38.5 Å². The van der Waals surface area contributed by atoms with E-state index in [0.29, 0.717) is 49.9 Å². The average molecular weight is 605 g/mol. The molecular weight excluding hydrogens is 556 g/mol. The molecule has 0 radical (unpaired) electrons. The smallest absolute Gasteiger partial charge is 0.255 e. The molecule has 2 aromatic rings. The normalized spacial score (nSPS) is 21.9. The number of carbonyl (C=O) groups excluding carboxylic acids is 4. The van der Waals surface area contributed by atoms with Gasteiger partial charge in [-0.15, -0.1) is 0 Å². The molecular formula is C35H48N4O5. The summed E-state index contributed by atoms with van der Waals surface area (Å²) in [6.45, 7) is 6.14. The van der Waals surface area contributed by atoms with Gasteiger partial charge in [-0.3, -0.25) is 19.2 Å². The Kier molecular flexibility index (Phi) is 12.2. The van der Waals surface area contributed by atoms with Gasteiger partial charge in [0.05, 0.1) is 18.6 Å². The maximum absolute atomic E-state index is 13.9. The Morgan fingerprint density at radius 1 is 0.886 bits per heavy atom. The van der Waals surface area contributed by atoms with Gasteiger partial charge in [-0.2, -0.15) is 0 Å². The molecule has 2 aliphatic rings. The zero-order chi connectivity index (χ0) is 31.5. The van der Waals surface area contributed by atoms with Crippen LogP contribution in [0.4, 0.5) is 0 Å². The molecule has 0 aliphatic carbocycles. The van der Waals surface area contributed by atoms with Gasteiger partial charge in [-0.25, -0.2) is 0 Å². The molecule has 0 unspecified atom stereocenters. The Bertz CT molecular complexity index is 1260. The number of likely N-dealkylation sites (N-methyl/N-ethyl adjacent to an activating group) is 1. The molecule has 2 atom stereocenters. The summed E-state index contributed by atoms with van der Waals surface area (Å²) in [5.74, 6) is -0.366. The Balaban J connectivity index is 1.55. The Labute approximate surface area is 261 Å². The molecule has 2 N–H and O–H groups in total. The van der Waals surface area contributed by atoms with Gasteiger partial charge in [0.1, 0.15) is 17.8 Å². The van der Waals surface area contributed by atoms with E-state index in [9.17, 15) is 19.2 Å². The highest BCUT2D eigenvalue weighted by Gasteiger charge is 2.33. The van der Waals surface area contributed by atoms with E-state index in [4.69, 9.17) is 4.74 Å². The van der Waals surface area contributed by atoms with E-state index >= 15 is 0 Å². The maximum Gasteiger partial charge on any atom is 0.255 e. The van der Waals surface area contributed by atoms with Gasteiger partial charge in [-0.1, -0.05) is 69.2 Å². The highest BCUT2D eigenvalue weighted by atomic mass is 16.5. The molecule has 1 fully saturated rings. The largest absolute Gasteiger partial charge is 0.493 e. The number of nitrogens with zero attached hydrogens (tertiary/aromatic N) is 2. The first-order chi connectivity index (χ1) is 21.2. The second kappa shape index (κ2) is 16.3. The zero-order valence-corrected chi connectivity index (χ0v) is 26.4. The number of amides is 4. The molecule has 0 bridgehead atoms. The molecule has 9 heteroatoms. The first kappa shape index (κ1) is 33.0. The Morgan fingerprint density at radius 3 is 2.30 bits per heavy atom. The second-order valence-electron chi connectivity index (χ2n) is 12.5. The number of carbonyl (C=O) groups is 4. The van der Waals surface area contributed by atoms with Crippen LogP contribution >= 0.6 is 0 Å². The molecule has 2 aromatic carbocycles. The van der Waals surface area contributed by atoms with Gasteiger partial charge >= 0.3 is 0 Å². The number of benzene rings is 2. The summed E-state index contributed by atoms with van der Waals surface area (Å²) in [6.07, 6.45) is 5.36. The summed E-state index contributed by atoms with van der Waals surface area (Å²) < 4.78 is 5.98. The molecule has 44 heavy (non-hydrogen) atoms. The fraction of sp³-hybridized carbons (Fsp3) is 0.543. The quantitative estimate of drug-likeness (QED) is 0.534. The maximum atomic E-state index is 13.9. The number of nitrogens with one attached hydrogen (secondary N) is 2. The summed E-state index contributed by atoms with van der Waals surface area (Å²) in [5, 5.41) is 5.76. The summed E-state index contributed by atoms with van der Waals surface area (Å²) in [5.41, 5.74) is 1.58. The predicted molar refractivity (Wildman–Crippen MR) is 170 cm³/mol. The highest BCUT2D eigenvalue weighted by Crippen LogP contribution is 2.28. The summed E-state index contributed by atoms with van der Waals surface area (Å²) in [7, 11) is 1.77. The van der Waals surface area contributed by atoms with Crippen molar-refractivity contribution in [2.24, 2.45) is 5.92 Å². The minimum Gasteiger partial charge on any atom is -0.493 e. The van der Waals surface area contributed by atoms with Crippen LogP contribution in [0.2, 0.25) is 0 Å². The summed E-state index contributed by atoms with van der Waals surface area (Å²) >= 11 is 0. The lowest BCUT2D eigenvalue weighted by Crippen LogP contribution is -2.54. The third kappa shape index (κ3) is 9.31. The molecule has 2 aliphatic heterocycles. The van der Waals surface area contributed by atoms with E-state index in [-0.39, 0.29) is 24.2 Å². The van der Waals surface area contributed by atoms with Crippen molar-refractivity contribution in [3.8, 4) is 5.75 Å².